The van der Waals surface area contributed by atoms with Crippen molar-refractivity contribution in [1.82, 2.24) is 4.90 Å². The second-order valence-corrected chi connectivity index (χ2v) is 9.93. The predicted molar refractivity (Wildman–Crippen MR) is 123 cm³/mol. The molecule has 0 aromatic rings. The number of halogens is 2. The SMILES string of the molecule is C=C(C#N)CBr.C=C(C#N)C[N+]1(C)[C@@H]2CCC[C@H]1CC2.CN1[C@@H]2CCC[C@H]1CC2.[Br-]. The zero-order chi connectivity index (χ0) is 21.4. The topological polar surface area (TPSA) is 50.8 Å². The summed E-state index contributed by atoms with van der Waals surface area (Å²) in [5.74, 6) is 0. The van der Waals surface area contributed by atoms with Gasteiger partial charge in [0, 0.05) is 35.8 Å². The van der Waals surface area contributed by atoms with Crippen LogP contribution in [0.5, 0.6) is 0 Å². The highest BCUT2D eigenvalue weighted by molar-refractivity contribution is 9.09. The normalized spacial score (nSPS) is 33.4. The average molecular weight is 542 g/mol. The van der Waals surface area contributed by atoms with Crippen molar-refractivity contribution in [2.45, 2.75) is 88.4 Å². The van der Waals surface area contributed by atoms with Crippen LogP contribution in [0.25, 0.3) is 0 Å². The summed E-state index contributed by atoms with van der Waals surface area (Å²) in [5, 5.41) is 17.4. The average Bonchev–Trinajstić information content (AvgIpc) is 3.02. The predicted octanol–water partition coefficient (Wildman–Crippen LogP) is 2.33. The van der Waals surface area contributed by atoms with Crippen LogP contribution in [0.2, 0.25) is 0 Å². The van der Waals surface area contributed by atoms with E-state index in [1.54, 1.807) is 0 Å². The lowest BCUT2D eigenvalue weighted by molar-refractivity contribution is -0.943. The Kier molecular flexibility index (Phi) is 11.9. The van der Waals surface area contributed by atoms with E-state index < -0.39 is 0 Å². The number of hydrogen-bond donors (Lipinski definition) is 0. The lowest BCUT2D eigenvalue weighted by Crippen LogP contribution is -3.00. The number of likely N-dealkylation sites (N-methyl/N-ethyl adjacent to an activating group) is 1. The summed E-state index contributed by atoms with van der Waals surface area (Å²) in [5.41, 5.74) is 1.32. The van der Waals surface area contributed by atoms with Gasteiger partial charge in [-0.1, -0.05) is 35.5 Å². The maximum atomic E-state index is 8.81. The summed E-state index contributed by atoms with van der Waals surface area (Å²) < 4.78 is 1.10. The molecule has 4 aliphatic heterocycles. The summed E-state index contributed by atoms with van der Waals surface area (Å²) in [6.45, 7) is 8.10. The van der Waals surface area contributed by atoms with E-state index in [0.717, 1.165) is 40.8 Å². The smallest absolute Gasteiger partial charge is 0.114 e. The van der Waals surface area contributed by atoms with Crippen LogP contribution in [0.3, 0.4) is 0 Å². The van der Waals surface area contributed by atoms with Crippen molar-refractivity contribution in [3.8, 4) is 12.1 Å². The van der Waals surface area contributed by atoms with Crippen LogP contribution in [0, 0.1) is 22.7 Å². The second kappa shape index (κ2) is 13.0. The lowest BCUT2D eigenvalue weighted by Gasteiger charge is -2.44. The first kappa shape index (κ1) is 27.4. The van der Waals surface area contributed by atoms with Crippen LogP contribution in [0.4, 0.5) is 0 Å². The molecule has 0 saturated carbocycles. The summed E-state index contributed by atoms with van der Waals surface area (Å²) >= 11 is 3.05. The Morgan fingerprint density at radius 3 is 1.73 bits per heavy atom. The number of allylic oxidation sites excluding steroid dienone is 1. The van der Waals surface area contributed by atoms with Gasteiger partial charge in [-0.2, -0.15) is 10.5 Å². The van der Waals surface area contributed by atoms with E-state index in [4.69, 9.17) is 10.5 Å². The standard InChI is InChI=1S/C12H19N2.C8H15N.C4H4BrN.BrH/c1-10(8-13)9-14(2)11-4-3-5-12(14)7-6-11;1-9-7-3-2-4-8(9)6-5-7;1-4(2-5)3-6;/h11-12H,1,3-7,9H2,2H3;7-8H,2-6H2,1H3;1-2H2;1H/q+1;;;/p-1/t11-,12+,14?;7-,8+;;. The molecule has 0 aromatic heterocycles. The molecule has 168 valence electrons. The highest BCUT2D eigenvalue weighted by Gasteiger charge is 2.48. The van der Waals surface area contributed by atoms with Gasteiger partial charge in [0.1, 0.15) is 6.54 Å². The Balaban J connectivity index is 0.000000243. The lowest BCUT2D eigenvalue weighted by atomic mass is 9.99. The van der Waals surface area contributed by atoms with E-state index in [-0.39, 0.29) is 17.0 Å². The van der Waals surface area contributed by atoms with Gasteiger partial charge in [0.15, 0.2) is 0 Å². The van der Waals surface area contributed by atoms with E-state index in [0.29, 0.717) is 10.9 Å². The number of rotatable bonds is 3. The fourth-order valence-electron chi connectivity index (χ4n) is 5.85. The van der Waals surface area contributed by atoms with Gasteiger partial charge in [0.25, 0.3) is 0 Å². The zero-order valence-corrected chi connectivity index (χ0v) is 21.9. The maximum Gasteiger partial charge on any atom is 0.114 e. The maximum absolute atomic E-state index is 8.81. The summed E-state index contributed by atoms with van der Waals surface area (Å²) in [6, 6.07) is 7.60. The fourth-order valence-corrected chi connectivity index (χ4v) is 5.98. The van der Waals surface area contributed by atoms with Crippen molar-refractivity contribution >= 4 is 15.9 Å². The van der Waals surface area contributed by atoms with Gasteiger partial charge in [-0.05, 0) is 52.0 Å². The number of nitrogens with zero attached hydrogens (tertiary/aromatic N) is 4. The van der Waals surface area contributed by atoms with Crippen LogP contribution in [0.15, 0.2) is 24.3 Å². The molecule has 1 unspecified atom stereocenters. The van der Waals surface area contributed by atoms with Crippen molar-refractivity contribution in [2.24, 2.45) is 0 Å². The number of piperidine rings is 2. The van der Waals surface area contributed by atoms with Crippen LogP contribution in [0.1, 0.15) is 64.2 Å². The molecule has 0 aliphatic carbocycles. The molecule has 0 amide bonds. The first-order valence-corrected chi connectivity index (χ1v) is 12.3. The molecule has 6 heteroatoms. The Hall–Kier alpha value is -0.660. The molecule has 4 bridgehead atoms. The molecule has 4 nitrogen and oxygen atoms in total. The van der Waals surface area contributed by atoms with Crippen molar-refractivity contribution in [1.29, 1.82) is 10.5 Å². The summed E-state index contributed by atoms with van der Waals surface area (Å²) in [4.78, 5) is 2.59. The Morgan fingerprint density at radius 1 is 0.900 bits per heavy atom. The molecule has 0 N–H and O–H groups in total. The molecule has 4 saturated heterocycles. The minimum atomic E-state index is 0. The van der Waals surface area contributed by atoms with Crippen LogP contribution in [-0.4, -0.2) is 59.5 Å². The first-order chi connectivity index (χ1) is 13.8. The third-order valence-corrected chi connectivity index (χ3v) is 8.32. The van der Waals surface area contributed by atoms with Crippen molar-refractivity contribution < 1.29 is 21.5 Å². The molecule has 4 aliphatic rings. The molecule has 0 radical (unpaired) electrons. The van der Waals surface area contributed by atoms with E-state index in [1.165, 1.54) is 64.2 Å². The van der Waals surface area contributed by atoms with Gasteiger partial charge < -0.3 is 26.4 Å². The van der Waals surface area contributed by atoms with Gasteiger partial charge in [0.05, 0.1) is 36.8 Å². The van der Waals surface area contributed by atoms with E-state index >= 15 is 0 Å². The van der Waals surface area contributed by atoms with Gasteiger partial charge in [0.2, 0.25) is 0 Å². The van der Waals surface area contributed by atoms with Gasteiger partial charge in [-0.3, -0.25) is 0 Å². The largest absolute Gasteiger partial charge is 1.00 e. The molecule has 0 aromatic carbocycles. The molecule has 4 fully saturated rings. The van der Waals surface area contributed by atoms with E-state index in [1.807, 2.05) is 6.07 Å². The van der Waals surface area contributed by atoms with E-state index in [2.05, 4.69) is 54.2 Å². The minimum Gasteiger partial charge on any atom is -1.00 e. The van der Waals surface area contributed by atoms with Crippen molar-refractivity contribution in [2.75, 3.05) is 26.0 Å². The Bertz CT molecular complexity index is 631. The van der Waals surface area contributed by atoms with Crippen molar-refractivity contribution in [3.05, 3.63) is 24.3 Å². The highest BCUT2D eigenvalue weighted by Crippen LogP contribution is 2.41. The number of alkyl halides is 1. The van der Waals surface area contributed by atoms with Gasteiger partial charge in [-0.25, -0.2) is 0 Å². The van der Waals surface area contributed by atoms with Crippen LogP contribution >= 0.6 is 15.9 Å². The second-order valence-electron chi connectivity index (χ2n) is 9.37. The third-order valence-electron chi connectivity index (χ3n) is 7.64. The third kappa shape index (κ3) is 6.92. The number of nitriles is 2. The molecule has 5 atom stereocenters. The molecule has 0 spiro atoms. The monoisotopic (exact) mass is 540 g/mol. The minimum absolute atomic E-state index is 0. The quantitative estimate of drug-likeness (QED) is 0.313. The molecule has 30 heavy (non-hydrogen) atoms. The molecular weight excluding hydrogens is 504 g/mol. The number of quaternary nitrogens is 1. The Morgan fingerprint density at radius 2 is 1.37 bits per heavy atom. The molecule has 4 heterocycles. The van der Waals surface area contributed by atoms with Gasteiger partial charge in [-0.15, -0.1) is 0 Å². The van der Waals surface area contributed by atoms with Crippen LogP contribution < -0.4 is 17.0 Å². The number of fused-ring (bicyclic) bond motifs is 4. The Labute approximate surface area is 203 Å². The molecular formula is C24H38Br2N4. The first-order valence-electron chi connectivity index (χ1n) is 11.1. The fraction of sp³-hybridized carbons (Fsp3) is 0.750. The van der Waals surface area contributed by atoms with Crippen molar-refractivity contribution in [3.63, 3.8) is 0 Å². The van der Waals surface area contributed by atoms with Gasteiger partial charge >= 0.3 is 0 Å². The number of hydrogen-bond acceptors (Lipinski definition) is 3. The zero-order valence-electron chi connectivity index (χ0n) is 18.8. The molecule has 4 rings (SSSR count). The highest BCUT2D eigenvalue weighted by atomic mass is 79.9. The summed E-state index contributed by atoms with van der Waals surface area (Å²) in [6.07, 6.45) is 14.2. The van der Waals surface area contributed by atoms with Crippen LogP contribution in [-0.2, 0) is 0 Å². The van der Waals surface area contributed by atoms with E-state index in [9.17, 15) is 0 Å². The summed E-state index contributed by atoms with van der Waals surface area (Å²) in [7, 11) is 4.62.